The van der Waals surface area contributed by atoms with E-state index in [1.54, 1.807) is 18.2 Å². The topological polar surface area (TPSA) is 106 Å². The standard InChI is InChI=1S/C28H29ClFN5O4/c1-38-24-15-22-19(27(32-17-31-22)33-18-4-5-21(30)20(29)13-18)14-23(24)34-25(36)3-2-9-35-10-6-28(7-11-35)8-12-39-26(37)16-28/h2-5,13-15,17H,6-12,16H2,1H3,(H,34,36)(H,31,32,33)/b3-2+. The van der Waals surface area contributed by atoms with Crippen LogP contribution in [0.15, 0.2) is 48.8 Å². The highest BCUT2D eigenvalue weighted by atomic mass is 35.5. The third kappa shape index (κ3) is 6.29. The Balaban J connectivity index is 1.24. The van der Waals surface area contributed by atoms with Gasteiger partial charge in [-0.05, 0) is 62.0 Å². The fraction of sp³-hybridized carbons (Fsp3) is 0.357. The lowest BCUT2D eigenvalue weighted by Crippen LogP contribution is -2.44. The molecule has 39 heavy (non-hydrogen) atoms. The Morgan fingerprint density at radius 1 is 1.23 bits per heavy atom. The molecule has 9 nitrogen and oxygen atoms in total. The number of cyclic esters (lactones) is 1. The van der Waals surface area contributed by atoms with Gasteiger partial charge in [-0.3, -0.25) is 14.5 Å². The van der Waals surface area contributed by atoms with Crippen LogP contribution in [0.3, 0.4) is 0 Å². The fourth-order valence-electron chi connectivity index (χ4n) is 5.11. The van der Waals surface area contributed by atoms with Gasteiger partial charge in [-0.15, -0.1) is 0 Å². The molecule has 0 atom stereocenters. The monoisotopic (exact) mass is 553 g/mol. The summed E-state index contributed by atoms with van der Waals surface area (Å²) < 4.78 is 24.2. The van der Waals surface area contributed by atoms with E-state index in [2.05, 4.69) is 25.5 Å². The van der Waals surface area contributed by atoms with Crippen molar-refractivity contribution in [1.29, 1.82) is 0 Å². The van der Waals surface area contributed by atoms with E-state index in [9.17, 15) is 14.0 Å². The Bertz CT molecular complexity index is 1420. The maximum absolute atomic E-state index is 13.6. The van der Waals surface area contributed by atoms with Gasteiger partial charge in [-0.1, -0.05) is 17.7 Å². The lowest BCUT2D eigenvalue weighted by atomic mass is 9.72. The van der Waals surface area contributed by atoms with Crippen LogP contribution in [0.4, 0.5) is 21.6 Å². The van der Waals surface area contributed by atoms with Gasteiger partial charge >= 0.3 is 5.97 Å². The highest BCUT2D eigenvalue weighted by Gasteiger charge is 2.39. The van der Waals surface area contributed by atoms with Crippen LogP contribution >= 0.6 is 11.6 Å². The van der Waals surface area contributed by atoms with E-state index >= 15 is 0 Å². The molecular weight excluding hydrogens is 525 g/mol. The number of likely N-dealkylation sites (tertiary alicyclic amines) is 1. The third-order valence-corrected chi connectivity index (χ3v) is 7.65. The number of methoxy groups -OCH3 is 1. The first kappa shape index (κ1) is 26.8. The van der Waals surface area contributed by atoms with Gasteiger partial charge in [0.25, 0.3) is 0 Å². The Labute approximate surface area is 230 Å². The highest BCUT2D eigenvalue weighted by molar-refractivity contribution is 6.31. The number of hydrogen-bond acceptors (Lipinski definition) is 8. The second-order valence-electron chi connectivity index (χ2n) is 9.89. The number of carbonyl (C=O) groups is 2. The number of rotatable bonds is 7. The number of benzene rings is 2. The van der Waals surface area contributed by atoms with Crippen LogP contribution in [0.1, 0.15) is 25.7 Å². The number of fused-ring (bicyclic) bond motifs is 1. The smallest absolute Gasteiger partial charge is 0.306 e. The van der Waals surface area contributed by atoms with Crippen LogP contribution in [-0.4, -0.2) is 60.1 Å². The lowest BCUT2D eigenvalue weighted by molar-refractivity contribution is -0.155. The number of nitrogens with zero attached hydrogens (tertiary/aromatic N) is 3. The second-order valence-corrected chi connectivity index (χ2v) is 10.3. The number of esters is 1. The van der Waals surface area contributed by atoms with E-state index in [0.29, 0.717) is 53.4 Å². The number of aromatic nitrogens is 2. The van der Waals surface area contributed by atoms with Crippen LogP contribution in [0, 0.1) is 11.2 Å². The molecule has 0 bridgehead atoms. The van der Waals surface area contributed by atoms with Gasteiger partial charge in [0.2, 0.25) is 5.91 Å². The minimum atomic E-state index is -0.516. The zero-order valence-corrected chi connectivity index (χ0v) is 22.3. The van der Waals surface area contributed by atoms with Crippen molar-refractivity contribution < 1.29 is 23.5 Å². The first-order chi connectivity index (χ1) is 18.8. The zero-order chi connectivity index (χ0) is 27.4. The van der Waals surface area contributed by atoms with Crippen molar-refractivity contribution in [1.82, 2.24) is 14.9 Å². The van der Waals surface area contributed by atoms with Crippen molar-refractivity contribution in [2.45, 2.75) is 25.7 Å². The molecule has 204 valence electrons. The minimum Gasteiger partial charge on any atom is -0.494 e. The number of piperidine rings is 1. The predicted molar refractivity (Wildman–Crippen MR) is 147 cm³/mol. The summed E-state index contributed by atoms with van der Waals surface area (Å²) in [5, 5.41) is 6.62. The van der Waals surface area contributed by atoms with Crippen molar-refractivity contribution in [2.24, 2.45) is 5.41 Å². The van der Waals surface area contributed by atoms with E-state index < -0.39 is 5.82 Å². The van der Waals surface area contributed by atoms with Gasteiger partial charge in [-0.2, -0.15) is 0 Å². The summed E-state index contributed by atoms with van der Waals surface area (Å²) in [6.07, 6.45) is 8.10. The summed E-state index contributed by atoms with van der Waals surface area (Å²) in [4.78, 5) is 35.4. The molecule has 1 amide bonds. The maximum Gasteiger partial charge on any atom is 0.306 e. The Hall–Kier alpha value is -3.76. The summed E-state index contributed by atoms with van der Waals surface area (Å²) in [6, 6.07) is 7.73. The number of carbonyl (C=O) groups excluding carboxylic acids is 2. The normalized spacial score (nSPS) is 17.4. The first-order valence-corrected chi connectivity index (χ1v) is 13.1. The molecule has 3 aromatic rings. The molecule has 1 aromatic heterocycles. The third-order valence-electron chi connectivity index (χ3n) is 7.36. The second kappa shape index (κ2) is 11.5. The molecule has 0 unspecified atom stereocenters. The first-order valence-electron chi connectivity index (χ1n) is 12.7. The van der Waals surface area contributed by atoms with Crippen molar-refractivity contribution in [2.75, 3.05) is 44.0 Å². The maximum atomic E-state index is 13.6. The summed E-state index contributed by atoms with van der Waals surface area (Å²) >= 11 is 5.91. The zero-order valence-electron chi connectivity index (χ0n) is 21.5. The average Bonchev–Trinajstić information content (AvgIpc) is 2.92. The minimum absolute atomic E-state index is 0.0116. The Morgan fingerprint density at radius 2 is 2.05 bits per heavy atom. The van der Waals surface area contributed by atoms with Crippen molar-refractivity contribution >= 4 is 51.6 Å². The van der Waals surface area contributed by atoms with Crippen LogP contribution < -0.4 is 15.4 Å². The van der Waals surface area contributed by atoms with Crippen molar-refractivity contribution in [3.8, 4) is 5.75 Å². The molecule has 0 radical (unpaired) electrons. The molecule has 2 saturated heterocycles. The molecule has 2 fully saturated rings. The van der Waals surface area contributed by atoms with Gasteiger partial charge in [0, 0.05) is 29.8 Å². The molecule has 2 aliphatic rings. The summed E-state index contributed by atoms with van der Waals surface area (Å²) in [7, 11) is 1.52. The van der Waals surface area contributed by atoms with Gasteiger partial charge in [-0.25, -0.2) is 14.4 Å². The van der Waals surface area contributed by atoms with Crippen LogP contribution in [-0.2, 0) is 14.3 Å². The molecule has 2 aromatic carbocycles. The van der Waals surface area contributed by atoms with E-state index in [4.69, 9.17) is 21.1 Å². The molecule has 0 saturated carbocycles. The number of amides is 1. The molecule has 0 aliphatic carbocycles. The summed E-state index contributed by atoms with van der Waals surface area (Å²) in [6.45, 7) is 2.92. The van der Waals surface area contributed by atoms with Gasteiger partial charge < -0.3 is 20.1 Å². The van der Waals surface area contributed by atoms with Crippen molar-refractivity contribution in [3.63, 3.8) is 0 Å². The SMILES string of the molecule is COc1cc2ncnc(Nc3ccc(F)c(Cl)c3)c2cc1NC(=O)/C=C/CN1CCC2(CCOC(=O)C2)CC1. The van der Waals surface area contributed by atoms with E-state index in [1.165, 1.54) is 31.6 Å². The largest absolute Gasteiger partial charge is 0.494 e. The summed E-state index contributed by atoms with van der Waals surface area (Å²) in [5.74, 6) is 0.00614. The van der Waals surface area contributed by atoms with E-state index in [1.807, 2.05) is 6.08 Å². The van der Waals surface area contributed by atoms with Crippen LogP contribution in [0.2, 0.25) is 5.02 Å². The molecule has 3 heterocycles. The van der Waals surface area contributed by atoms with Gasteiger partial charge in [0.15, 0.2) is 0 Å². The average molecular weight is 554 g/mol. The molecular formula is C28H29ClFN5O4. The van der Waals surface area contributed by atoms with Gasteiger partial charge in [0.05, 0.1) is 36.4 Å². The molecule has 2 N–H and O–H groups in total. The highest BCUT2D eigenvalue weighted by Crippen LogP contribution is 2.41. The number of nitrogens with one attached hydrogen (secondary N) is 2. The molecule has 1 spiro atoms. The lowest BCUT2D eigenvalue weighted by Gasteiger charge is -2.43. The molecule has 2 aliphatic heterocycles. The van der Waals surface area contributed by atoms with E-state index in [0.717, 1.165) is 32.4 Å². The molecule has 5 rings (SSSR count). The number of halogens is 2. The van der Waals surface area contributed by atoms with Crippen molar-refractivity contribution in [3.05, 3.63) is 59.7 Å². The summed E-state index contributed by atoms with van der Waals surface area (Å²) in [5.41, 5.74) is 1.68. The Kier molecular flexibility index (Phi) is 7.94. The Morgan fingerprint density at radius 3 is 2.79 bits per heavy atom. The van der Waals surface area contributed by atoms with Crippen LogP contribution in [0.5, 0.6) is 5.75 Å². The fourth-order valence-corrected chi connectivity index (χ4v) is 5.29. The predicted octanol–water partition coefficient (Wildman–Crippen LogP) is 5.09. The number of anilines is 3. The van der Waals surface area contributed by atoms with E-state index in [-0.39, 0.29) is 22.3 Å². The van der Waals surface area contributed by atoms with Crippen LogP contribution in [0.25, 0.3) is 10.9 Å². The number of hydrogen-bond donors (Lipinski definition) is 2. The quantitative estimate of drug-likeness (QED) is 0.308. The molecule has 11 heteroatoms. The van der Waals surface area contributed by atoms with Gasteiger partial charge in [0.1, 0.15) is 23.7 Å². The number of ether oxygens (including phenoxy) is 2.